The van der Waals surface area contributed by atoms with Crippen molar-refractivity contribution in [3.63, 3.8) is 0 Å². The molecule has 1 aliphatic heterocycles. The second-order valence-electron chi connectivity index (χ2n) is 7.07. The number of rotatable bonds is 5. The van der Waals surface area contributed by atoms with Crippen molar-refractivity contribution in [2.45, 2.75) is 23.8 Å². The average Bonchev–Trinajstić information content (AvgIpc) is 3.24. The molecule has 0 aromatic heterocycles. The third-order valence-electron chi connectivity index (χ3n) is 5.11. The van der Waals surface area contributed by atoms with E-state index >= 15 is 0 Å². The minimum Gasteiger partial charge on any atom is -0.332 e. The van der Waals surface area contributed by atoms with Crippen LogP contribution >= 0.6 is 0 Å². The summed E-state index contributed by atoms with van der Waals surface area (Å²) >= 11 is 0. The van der Waals surface area contributed by atoms with Gasteiger partial charge in [-0.2, -0.15) is 0 Å². The summed E-state index contributed by atoms with van der Waals surface area (Å²) in [6.07, 6.45) is 1.88. The van der Waals surface area contributed by atoms with Crippen LogP contribution in [0.2, 0.25) is 0 Å². The maximum absolute atomic E-state index is 13.2. The van der Waals surface area contributed by atoms with Crippen LogP contribution in [-0.2, 0) is 10.0 Å². The number of sulfonamides is 1. The largest absolute Gasteiger partial charge is 0.332 e. The quantitative estimate of drug-likeness (QED) is 0.680. The third kappa shape index (κ3) is 4.17. The van der Waals surface area contributed by atoms with Crippen LogP contribution in [0, 0.1) is 0 Å². The fourth-order valence-corrected chi connectivity index (χ4v) is 4.80. The molecule has 5 nitrogen and oxygen atoms in total. The van der Waals surface area contributed by atoms with E-state index in [-0.39, 0.29) is 16.8 Å². The molecule has 0 bridgehead atoms. The number of hydrogen-bond acceptors (Lipinski definition) is 3. The van der Waals surface area contributed by atoms with Gasteiger partial charge in [0.15, 0.2) is 0 Å². The Bertz CT molecular complexity index is 1100. The second kappa shape index (κ2) is 8.09. The number of hydrogen-bond donors (Lipinski definition) is 1. The molecule has 1 fully saturated rings. The Morgan fingerprint density at radius 2 is 1.59 bits per heavy atom. The lowest BCUT2D eigenvalue weighted by molar-refractivity contribution is 0.0735. The first-order chi connectivity index (χ1) is 14.0. The van der Waals surface area contributed by atoms with Gasteiger partial charge in [-0.15, -0.1) is 0 Å². The number of nitrogens with one attached hydrogen (secondary N) is 1. The first kappa shape index (κ1) is 19.2. The van der Waals surface area contributed by atoms with E-state index in [9.17, 15) is 13.2 Å². The Morgan fingerprint density at radius 3 is 2.31 bits per heavy atom. The maximum atomic E-state index is 13.2. The fourth-order valence-electron chi connectivity index (χ4n) is 3.73. The van der Waals surface area contributed by atoms with Crippen LogP contribution < -0.4 is 4.72 Å². The van der Waals surface area contributed by atoms with Gasteiger partial charge in [-0.25, -0.2) is 8.42 Å². The molecule has 0 radical (unpaired) electrons. The Kier molecular flexibility index (Phi) is 5.36. The summed E-state index contributed by atoms with van der Waals surface area (Å²) in [6.45, 7) is 0.693. The van der Waals surface area contributed by atoms with E-state index in [2.05, 4.69) is 4.72 Å². The molecular weight excluding hydrogens is 384 g/mol. The van der Waals surface area contributed by atoms with Gasteiger partial charge in [0, 0.05) is 17.8 Å². The zero-order chi connectivity index (χ0) is 20.3. The summed E-state index contributed by atoms with van der Waals surface area (Å²) in [5.74, 6) is -0.0860. The number of amides is 1. The number of likely N-dealkylation sites (tertiary alicyclic amines) is 1. The lowest BCUT2D eigenvalue weighted by atomic mass is 10.0. The van der Waals surface area contributed by atoms with Gasteiger partial charge in [-0.1, -0.05) is 54.6 Å². The van der Waals surface area contributed by atoms with Crippen molar-refractivity contribution < 1.29 is 13.2 Å². The van der Waals surface area contributed by atoms with Crippen molar-refractivity contribution in [3.05, 3.63) is 96.1 Å². The molecule has 3 aromatic carbocycles. The van der Waals surface area contributed by atoms with Crippen LogP contribution in [0.1, 0.15) is 34.8 Å². The van der Waals surface area contributed by atoms with Gasteiger partial charge in [0.2, 0.25) is 0 Å². The lowest BCUT2D eigenvalue weighted by Crippen LogP contribution is -2.30. The molecule has 148 valence electrons. The molecule has 4 rings (SSSR count). The van der Waals surface area contributed by atoms with E-state index in [1.54, 1.807) is 42.5 Å². The summed E-state index contributed by atoms with van der Waals surface area (Å²) in [5.41, 5.74) is 1.97. The van der Waals surface area contributed by atoms with Crippen LogP contribution in [0.4, 0.5) is 5.69 Å². The SMILES string of the molecule is O=C(c1cccc(NS(=O)(=O)c2ccccc2)c1)N1CCCC1c1ccccc1. The Hall–Kier alpha value is -3.12. The highest BCUT2D eigenvalue weighted by Crippen LogP contribution is 2.33. The number of benzene rings is 3. The molecule has 3 aromatic rings. The van der Waals surface area contributed by atoms with Crippen molar-refractivity contribution in [1.82, 2.24) is 4.90 Å². The Morgan fingerprint density at radius 1 is 0.897 bits per heavy atom. The smallest absolute Gasteiger partial charge is 0.261 e. The molecule has 1 amide bonds. The van der Waals surface area contributed by atoms with Crippen LogP contribution in [0.3, 0.4) is 0 Å². The van der Waals surface area contributed by atoms with Crippen LogP contribution in [-0.4, -0.2) is 25.8 Å². The van der Waals surface area contributed by atoms with Crippen molar-refractivity contribution in [1.29, 1.82) is 0 Å². The van der Waals surface area contributed by atoms with Crippen LogP contribution in [0.5, 0.6) is 0 Å². The van der Waals surface area contributed by atoms with E-state index in [1.165, 1.54) is 12.1 Å². The van der Waals surface area contributed by atoms with Crippen LogP contribution in [0.15, 0.2) is 89.8 Å². The molecule has 0 aliphatic carbocycles. The van der Waals surface area contributed by atoms with E-state index in [1.807, 2.05) is 35.2 Å². The normalized spacial score (nSPS) is 16.6. The fraction of sp³-hybridized carbons (Fsp3) is 0.174. The number of carbonyl (C=O) groups excluding carboxylic acids is 1. The topological polar surface area (TPSA) is 66.5 Å². The van der Waals surface area contributed by atoms with E-state index < -0.39 is 10.0 Å². The van der Waals surface area contributed by atoms with Crippen LogP contribution in [0.25, 0.3) is 0 Å². The second-order valence-corrected chi connectivity index (χ2v) is 8.75. The summed E-state index contributed by atoms with van der Waals surface area (Å²) in [7, 11) is -3.70. The minimum absolute atomic E-state index is 0.0494. The molecule has 1 heterocycles. The van der Waals surface area contributed by atoms with Gasteiger partial charge in [0.25, 0.3) is 15.9 Å². The number of carbonyl (C=O) groups is 1. The molecule has 0 saturated carbocycles. The average molecular weight is 407 g/mol. The molecule has 1 aliphatic rings. The van der Waals surface area contributed by atoms with Crippen molar-refractivity contribution in [2.75, 3.05) is 11.3 Å². The van der Waals surface area contributed by atoms with Gasteiger partial charge >= 0.3 is 0 Å². The summed E-state index contributed by atoms with van der Waals surface area (Å²) < 4.78 is 27.7. The maximum Gasteiger partial charge on any atom is 0.261 e. The van der Waals surface area contributed by atoms with Crippen molar-refractivity contribution in [3.8, 4) is 0 Å². The predicted molar refractivity (Wildman–Crippen MR) is 113 cm³/mol. The monoisotopic (exact) mass is 406 g/mol. The van der Waals surface area contributed by atoms with Crippen molar-refractivity contribution in [2.24, 2.45) is 0 Å². The first-order valence-electron chi connectivity index (χ1n) is 9.58. The molecule has 1 atom stereocenters. The zero-order valence-electron chi connectivity index (χ0n) is 15.9. The molecule has 1 unspecified atom stereocenters. The lowest BCUT2D eigenvalue weighted by Gasteiger charge is -2.25. The van der Waals surface area contributed by atoms with Gasteiger partial charge < -0.3 is 4.90 Å². The predicted octanol–water partition coefficient (Wildman–Crippen LogP) is 4.46. The highest BCUT2D eigenvalue weighted by molar-refractivity contribution is 7.92. The number of nitrogens with zero attached hydrogens (tertiary/aromatic N) is 1. The molecule has 0 spiro atoms. The highest BCUT2D eigenvalue weighted by atomic mass is 32.2. The molecule has 1 saturated heterocycles. The summed E-state index contributed by atoms with van der Waals surface area (Å²) in [6, 6.07) is 24.9. The third-order valence-corrected chi connectivity index (χ3v) is 6.51. The Labute approximate surface area is 171 Å². The molecule has 6 heteroatoms. The first-order valence-corrected chi connectivity index (χ1v) is 11.1. The summed E-state index contributed by atoms with van der Waals surface area (Å²) in [4.78, 5) is 15.2. The highest BCUT2D eigenvalue weighted by Gasteiger charge is 2.30. The molecule has 29 heavy (non-hydrogen) atoms. The molecular formula is C23H22N2O3S. The van der Waals surface area contributed by atoms with Crippen molar-refractivity contribution >= 4 is 21.6 Å². The van der Waals surface area contributed by atoms with E-state index in [0.29, 0.717) is 17.8 Å². The van der Waals surface area contributed by atoms with Gasteiger partial charge in [0.05, 0.1) is 10.9 Å². The van der Waals surface area contributed by atoms with E-state index in [4.69, 9.17) is 0 Å². The van der Waals surface area contributed by atoms with E-state index in [0.717, 1.165) is 18.4 Å². The molecule has 1 N–H and O–H groups in total. The van der Waals surface area contributed by atoms with Gasteiger partial charge in [0.1, 0.15) is 0 Å². The van der Waals surface area contributed by atoms with Gasteiger partial charge in [-0.3, -0.25) is 9.52 Å². The minimum atomic E-state index is -3.70. The number of anilines is 1. The zero-order valence-corrected chi connectivity index (χ0v) is 16.7. The standard InChI is InChI=1S/C23H22N2O3S/c26-23(25-16-8-15-22(25)18-9-3-1-4-10-18)19-11-7-12-20(17-19)24-29(27,28)21-13-5-2-6-14-21/h1-7,9-14,17,22,24H,8,15-16H2. The van der Waals surface area contributed by atoms with Gasteiger partial charge in [-0.05, 0) is 48.7 Å². The Balaban J connectivity index is 1.56. The summed E-state index contributed by atoms with van der Waals surface area (Å²) in [5, 5.41) is 0.